The average Bonchev–Trinajstić information content (AvgIpc) is 2.67. The zero-order valence-electron chi connectivity index (χ0n) is 9.42. The van der Waals surface area contributed by atoms with Crippen molar-refractivity contribution in [3.8, 4) is 0 Å². The molecule has 1 N–H and O–H groups in total. The summed E-state index contributed by atoms with van der Waals surface area (Å²) in [5.74, 6) is -1.79. The minimum absolute atomic E-state index is 0.0241. The molecular formula is C9H17NO5S. The summed E-state index contributed by atoms with van der Waals surface area (Å²) in [5, 5.41) is 8.97. The maximum absolute atomic E-state index is 11.8. The number of hydrogen-bond acceptors (Lipinski definition) is 4. The molecule has 0 aromatic rings. The Bertz CT molecular complexity index is 353. The molecule has 0 aromatic carbocycles. The van der Waals surface area contributed by atoms with E-state index in [-0.39, 0.29) is 25.5 Å². The number of carboxylic acid groups (broad SMARTS) is 1. The van der Waals surface area contributed by atoms with Gasteiger partial charge in [0.05, 0.1) is 30.9 Å². The van der Waals surface area contributed by atoms with Crippen LogP contribution in [0.3, 0.4) is 0 Å². The summed E-state index contributed by atoms with van der Waals surface area (Å²) in [6.45, 7) is 3.75. The van der Waals surface area contributed by atoms with E-state index >= 15 is 0 Å². The van der Waals surface area contributed by atoms with Crippen molar-refractivity contribution in [3.63, 3.8) is 0 Å². The molecule has 1 rings (SSSR count). The largest absolute Gasteiger partial charge is 0.481 e. The fourth-order valence-corrected chi connectivity index (χ4v) is 3.21. The van der Waals surface area contributed by atoms with Crippen molar-refractivity contribution in [3.05, 3.63) is 0 Å². The van der Waals surface area contributed by atoms with Gasteiger partial charge in [0.2, 0.25) is 10.0 Å². The summed E-state index contributed by atoms with van der Waals surface area (Å²) in [6, 6.07) is -0.576. The van der Waals surface area contributed by atoms with Crippen molar-refractivity contribution in [2.75, 3.05) is 25.5 Å². The quantitative estimate of drug-likeness (QED) is 0.729. The second kappa shape index (κ2) is 5.11. The molecule has 1 aliphatic heterocycles. The lowest BCUT2D eigenvalue weighted by molar-refractivity contribution is -0.142. The third-order valence-electron chi connectivity index (χ3n) is 2.77. The highest BCUT2D eigenvalue weighted by Crippen LogP contribution is 2.22. The Morgan fingerprint density at radius 2 is 2.06 bits per heavy atom. The highest BCUT2D eigenvalue weighted by molar-refractivity contribution is 7.89. The first-order chi connectivity index (χ1) is 7.44. The fraction of sp³-hybridized carbons (Fsp3) is 0.889. The summed E-state index contributed by atoms with van der Waals surface area (Å²) in [4.78, 5) is 10.9. The van der Waals surface area contributed by atoms with Gasteiger partial charge < -0.3 is 9.84 Å². The summed E-state index contributed by atoms with van der Waals surface area (Å²) in [7, 11) is -3.37. The van der Waals surface area contributed by atoms with Crippen LogP contribution in [-0.2, 0) is 19.6 Å². The molecule has 1 fully saturated rings. The van der Waals surface area contributed by atoms with Crippen LogP contribution in [0.5, 0.6) is 0 Å². The predicted octanol–water partition coefficient (Wildman–Crippen LogP) is -0.242. The maximum atomic E-state index is 11.8. The van der Waals surface area contributed by atoms with Crippen LogP contribution in [0.1, 0.15) is 13.8 Å². The first-order valence-corrected chi connectivity index (χ1v) is 6.85. The topological polar surface area (TPSA) is 83.9 Å². The zero-order chi connectivity index (χ0) is 12.3. The Labute approximate surface area is 95.2 Å². The number of carbonyl (C=O) groups is 1. The summed E-state index contributed by atoms with van der Waals surface area (Å²) >= 11 is 0. The molecule has 2 atom stereocenters. The molecule has 0 aromatic heterocycles. The maximum Gasteiger partial charge on any atom is 0.310 e. The highest BCUT2D eigenvalue weighted by atomic mass is 32.2. The summed E-state index contributed by atoms with van der Waals surface area (Å²) in [6.07, 6.45) is 0. The van der Waals surface area contributed by atoms with Gasteiger partial charge in [-0.3, -0.25) is 4.79 Å². The third kappa shape index (κ3) is 2.53. The fourth-order valence-electron chi connectivity index (χ4n) is 1.87. The Kier molecular flexibility index (Phi) is 4.28. The normalized spacial score (nSPS) is 26.2. The van der Waals surface area contributed by atoms with Crippen molar-refractivity contribution in [2.45, 2.75) is 19.9 Å². The Hall–Kier alpha value is -0.660. The molecule has 0 saturated carbocycles. The summed E-state index contributed by atoms with van der Waals surface area (Å²) in [5.41, 5.74) is 0. The molecular weight excluding hydrogens is 234 g/mol. The molecule has 16 heavy (non-hydrogen) atoms. The third-order valence-corrected chi connectivity index (χ3v) is 4.74. The monoisotopic (exact) mass is 251 g/mol. The SMILES string of the molecule is CCN(C1COCC1C(=O)O)S(=O)(=O)CC. The number of likely N-dealkylation sites (N-methyl/N-ethyl adjacent to an activating group) is 1. The summed E-state index contributed by atoms with van der Waals surface area (Å²) < 4.78 is 29.8. The van der Waals surface area contributed by atoms with Crippen molar-refractivity contribution < 1.29 is 23.1 Å². The minimum Gasteiger partial charge on any atom is -0.481 e. The standard InChI is InChI=1S/C9H17NO5S/c1-3-10(16(13,14)4-2)8-6-15-5-7(8)9(11)12/h7-8H,3-6H2,1-2H3,(H,11,12). The highest BCUT2D eigenvalue weighted by Gasteiger charge is 2.41. The number of nitrogens with zero attached hydrogens (tertiary/aromatic N) is 1. The van der Waals surface area contributed by atoms with Gasteiger partial charge in [-0.1, -0.05) is 6.92 Å². The van der Waals surface area contributed by atoms with Crippen molar-refractivity contribution in [1.82, 2.24) is 4.31 Å². The molecule has 0 aliphatic carbocycles. The second-order valence-electron chi connectivity index (χ2n) is 3.65. The molecule has 1 aliphatic rings. The van der Waals surface area contributed by atoms with E-state index in [4.69, 9.17) is 9.84 Å². The second-order valence-corrected chi connectivity index (χ2v) is 5.86. The van der Waals surface area contributed by atoms with Crippen LogP contribution >= 0.6 is 0 Å². The first-order valence-electron chi connectivity index (χ1n) is 5.24. The lowest BCUT2D eigenvalue weighted by Crippen LogP contribution is -2.46. The smallest absolute Gasteiger partial charge is 0.310 e. The van der Waals surface area contributed by atoms with E-state index in [2.05, 4.69) is 0 Å². The van der Waals surface area contributed by atoms with E-state index in [0.29, 0.717) is 0 Å². The Morgan fingerprint density at radius 1 is 1.44 bits per heavy atom. The van der Waals surface area contributed by atoms with Crippen LogP contribution in [0, 0.1) is 5.92 Å². The number of aliphatic carboxylic acids is 1. The van der Waals surface area contributed by atoms with Gasteiger partial charge >= 0.3 is 5.97 Å². The molecule has 6 nitrogen and oxygen atoms in total. The number of ether oxygens (including phenoxy) is 1. The lowest BCUT2D eigenvalue weighted by Gasteiger charge is -2.27. The van der Waals surface area contributed by atoms with Crippen LogP contribution in [0.2, 0.25) is 0 Å². The van der Waals surface area contributed by atoms with E-state index < -0.39 is 28.0 Å². The molecule has 2 unspecified atom stereocenters. The molecule has 0 bridgehead atoms. The van der Waals surface area contributed by atoms with E-state index in [1.807, 2.05) is 0 Å². The molecule has 1 heterocycles. The van der Waals surface area contributed by atoms with Gasteiger partial charge in [0.25, 0.3) is 0 Å². The van der Waals surface area contributed by atoms with Crippen LogP contribution in [0.15, 0.2) is 0 Å². The van der Waals surface area contributed by atoms with Crippen LogP contribution in [-0.4, -0.2) is 55.4 Å². The van der Waals surface area contributed by atoms with Gasteiger partial charge in [-0.05, 0) is 6.92 Å². The Morgan fingerprint density at radius 3 is 2.50 bits per heavy atom. The first kappa shape index (κ1) is 13.4. The molecule has 94 valence electrons. The molecule has 0 spiro atoms. The van der Waals surface area contributed by atoms with Gasteiger partial charge in [-0.15, -0.1) is 0 Å². The van der Waals surface area contributed by atoms with Crippen LogP contribution in [0.25, 0.3) is 0 Å². The van der Waals surface area contributed by atoms with Crippen LogP contribution in [0.4, 0.5) is 0 Å². The van der Waals surface area contributed by atoms with Crippen LogP contribution < -0.4 is 0 Å². The molecule has 1 saturated heterocycles. The molecule has 0 amide bonds. The van der Waals surface area contributed by atoms with Gasteiger partial charge in [0.1, 0.15) is 0 Å². The van der Waals surface area contributed by atoms with Gasteiger partial charge in [0.15, 0.2) is 0 Å². The number of rotatable bonds is 5. The van der Waals surface area contributed by atoms with E-state index in [0.717, 1.165) is 0 Å². The number of sulfonamides is 1. The molecule has 0 radical (unpaired) electrons. The zero-order valence-corrected chi connectivity index (χ0v) is 10.2. The lowest BCUT2D eigenvalue weighted by atomic mass is 10.0. The minimum atomic E-state index is -3.37. The molecule has 7 heteroatoms. The van der Waals surface area contributed by atoms with Gasteiger partial charge in [-0.2, -0.15) is 4.31 Å². The van der Waals surface area contributed by atoms with E-state index in [1.54, 1.807) is 13.8 Å². The number of carboxylic acids is 1. The van der Waals surface area contributed by atoms with Gasteiger partial charge in [-0.25, -0.2) is 8.42 Å². The average molecular weight is 251 g/mol. The van der Waals surface area contributed by atoms with Crippen molar-refractivity contribution >= 4 is 16.0 Å². The van der Waals surface area contributed by atoms with E-state index in [1.165, 1.54) is 4.31 Å². The Balaban J connectivity index is 2.93. The predicted molar refractivity (Wildman–Crippen MR) is 57.6 cm³/mol. The van der Waals surface area contributed by atoms with Crippen molar-refractivity contribution in [2.24, 2.45) is 5.92 Å². The van der Waals surface area contributed by atoms with Gasteiger partial charge in [0, 0.05) is 6.54 Å². The van der Waals surface area contributed by atoms with Crippen molar-refractivity contribution in [1.29, 1.82) is 0 Å². The van der Waals surface area contributed by atoms with E-state index in [9.17, 15) is 13.2 Å². The number of hydrogen-bond donors (Lipinski definition) is 1.